The zero-order valence-corrected chi connectivity index (χ0v) is 21.2. The molecule has 0 aliphatic heterocycles. The van der Waals surface area contributed by atoms with Gasteiger partial charge in [-0.3, -0.25) is 14.9 Å². The zero-order chi connectivity index (χ0) is 26.0. The van der Waals surface area contributed by atoms with Crippen LogP contribution >= 0.6 is 12.2 Å². The number of benzene rings is 4. The van der Waals surface area contributed by atoms with E-state index in [0.29, 0.717) is 34.9 Å². The first-order chi connectivity index (χ1) is 18.0. The third-order valence-electron chi connectivity index (χ3n) is 5.51. The molecule has 0 saturated heterocycles. The number of carbonyl (C=O) groups is 2. The fourth-order valence-corrected chi connectivity index (χ4v) is 3.83. The molecule has 0 aliphatic rings. The number of carbonyl (C=O) groups excluding carboxylic acids is 2. The van der Waals surface area contributed by atoms with Gasteiger partial charge in [-0.05, 0) is 79.3 Å². The van der Waals surface area contributed by atoms with Crippen LogP contribution in [0.3, 0.4) is 0 Å². The normalized spacial score (nSPS) is 10.3. The minimum absolute atomic E-state index is 0.164. The van der Waals surface area contributed by atoms with Crippen molar-refractivity contribution in [1.82, 2.24) is 5.32 Å². The van der Waals surface area contributed by atoms with Crippen LogP contribution in [0.25, 0.3) is 0 Å². The van der Waals surface area contributed by atoms with E-state index in [1.165, 1.54) is 5.56 Å². The summed E-state index contributed by atoms with van der Waals surface area (Å²) >= 11 is 5.30. The first-order valence-corrected chi connectivity index (χ1v) is 12.2. The molecule has 37 heavy (non-hydrogen) atoms. The Morgan fingerprint density at radius 2 is 1.38 bits per heavy atom. The molecule has 6 nitrogen and oxygen atoms in total. The van der Waals surface area contributed by atoms with E-state index in [9.17, 15) is 9.59 Å². The number of aryl methyl sites for hydroxylation is 1. The summed E-state index contributed by atoms with van der Waals surface area (Å²) in [5, 5.41) is 8.70. The Hall–Kier alpha value is -4.49. The van der Waals surface area contributed by atoms with E-state index in [1.54, 1.807) is 48.5 Å². The van der Waals surface area contributed by atoms with Crippen LogP contribution in [0.15, 0.2) is 103 Å². The zero-order valence-electron chi connectivity index (χ0n) is 20.4. The predicted octanol–water partition coefficient (Wildman–Crippen LogP) is 6.00. The molecule has 4 rings (SSSR count). The van der Waals surface area contributed by atoms with Crippen molar-refractivity contribution in [1.29, 1.82) is 0 Å². The molecule has 3 N–H and O–H groups in total. The second kappa shape index (κ2) is 12.5. The first-order valence-electron chi connectivity index (χ1n) is 11.8. The summed E-state index contributed by atoms with van der Waals surface area (Å²) in [5.41, 5.74) is 4.57. The van der Waals surface area contributed by atoms with Gasteiger partial charge in [0.15, 0.2) is 5.11 Å². The fraction of sp³-hybridized carbons (Fsp3) is 0.100. The number of hydrogen-bond donors (Lipinski definition) is 3. The van der Waals surface area contributed by atoms with Crippen molar-refractivity contribution in [2.75, 3.05) is 17.2 Å². The van der Waals surface area contributed by atoms with Gasteiger partial charge >= 0.3 is 0 Å². The van der Waals surface area contributed by atoms with Gasteiger partial charge in [0.05, 0.1) is 6.61 Å². The first kappa shape index (κ1) is 25.6. The molecular formula is C30H27N3O3S. The largest absolute Gasteiger partial charge is 0.493 e. The van der Waals surface area contributed by atoms with Crippen LogP contribution in [0.4, 0.5) is 11.4 Å². The maximum Gasteiger partial charge on any atom is 0.257 e. The lowest BCUT2D eigenvalue weighted by molar-refractivity contribution is 0.0976. The quantitative estimate of drug-likeness (QED) is 0.254. The molecule has 0 spiro atoms. The van der Waals surface area contributed by atoms with E-state index in [4.69, 9.17) is 17.0 Å². The van der Waals surface area contributed by atoms with Crippen LogP contribution < -0.4 is 20.7 Å². The summed E-state index contributed by atoms with van der Waals surface area (Å²) in [6.07, 6.45) is 0.777. The van der Waals surface area contributed by atoms with Gasteiger partial charge in [0.25, 0.3) is 11.8 Å². The monoisotopic (exact) mass is 509 g/mol. The van der Waals surface area contributed by atoms with Crippen molar-refractivity contribution in [3.8, 4) is 5.75 Å². The molecule has 7 heteroatoms. The Morgan fingerprint density at radius 1 is 0.730 bits per heavy atom. The van der Waals surface area contributed by atoms with Gasteiger partial charge in [0.1, 0.15) is 5.75 Å². The summed E-state index contributed by atoms with van der Waals surface area (Å²) in [4.78, 5) is 25.1. The molecule has 0 saturated carbocycles. The average molecular weight is 510 g/mol. The van der Waals surface area contributed by atoms with Crippen LogP contribution in [0, 0.1) is 6.92 Å². The smallest absolute Gasteiger partial charge is 0.257 e. The second-order valence-electron chi connectivity index (χ2n) is 8.42. The van der Waals surface area contributed by atoms with Gasteiger partial charge in [-0.25, -0.2) is 0 Å². The third-order valence-corrected chi connectivity index (χ3v) is 5.71. The van der Waals surface area contributed by atoms with E-state index in [1.807, 2.05) is 49.4 Å². The SMILES string of the molecule is Cc1cccc(C(=O)Nc2ccc(NC(=S)NC(=O)c3cccc(OCCc4ccccc4)c3)cc2)c1. The number of anilines is 2. The molecule has 0 atom stereocenters. The van der Waals surface area contributed by atoms with Crippen LogP contribution in [0.1, 0.15) is 31.8 Å². The van der Waals surface area contributed by atoms with Gasteiger partial charge in [-0.1, -0.05) is 54.1 Å². The Labute approximate surface area is 221 Å². The van der Waals surface area contributed by atoms with E-state index in [2.05, 4.69) is 28.1 Å². The molecule has 0 heterocycles. The summed E-state index contributed by atoms with van der Waals surface area (Å²) in [7, 11) is 0. The van der Waals surface area contributed by atoms with Crippen LogP contribution in [-0.2, 0) is 6.42 Å². The van der Waals surface area contributed by atoms with Crippen molar-refractivity contribution in [2.24, 2.45) is 0 Å². The molecule has 0 aliphatic carbocycles. The Kier molecular flexibility index (Phi) is 8.62. The van der Waals surface area contributed by atoms with E-state index < -0.39 is 0 Å². The maximum absolute atomic E-state index is 12.7. The molecule has 0 fully saturated rings. The minimum atomic E-state index is -0.340. The molecule has 0 radical (unpaired) electrons. The van der Waals surface area contributed by atoms with Gasteiger partial charge in [-0.2, -0.15) is 0 Å². The number of ether oxygens (including phenoxy) is 1. The minimum Gasteiger partial charge on any atom is -0.493 e. The lowest BCUT2D eigenvalue weighted by Gasteiger charge is -2.12. The second-order valence-corrected chi connectivity index (χ2v) is 8.83. The fourth-order valence-electron chi connectivity index (χ4n) is 3.62. The molecular weight excluding hydrogens is 482 g/mol. The highest BCUT2D eigenvalue weighted by molar-refractivity contribution is 7.80. The Morgan fingerprint density at radius 3 is 2.08 bits per heavy atom. The molecule has 4 aromatic carbocycles. The van der Waals surface area contributed by atoms with E-state index >= 15 is 0 Å². The predicted molar refractivity (Wildman–Crippen MR) is 151 cm³/mol. The van der Waals surface area contributed by atoms with Gasteiger partial charge in [0.2, 0.25) is 0 Å². The van der Waals surface area contributed by atoms with Crippen molar-refractivity contribution in [3.05, 3.63) is 125 Å². The lowest BCUT2D eigenvalue weighted by atomic mass is 10.1. The lowest BCUT2D eigenvalue weighted by Crippen LogP contribution is -2.34. The molecule has 0 aromatic heterocycles. The van der Waals surface area contributed by atoms with Crippen LogP contribution in [0.5, 0.6) is 5.75 Å². The summed E-state index contributed by atoms with van der Waals surface area (Å²) < 4.78 is 5.82. The third kappa shape index (κ3) is 7.75. The van der Waals surface area contributed by atoms with Crippen molar-refractivity contribution in [2.45, 2.75) is 13.3 Å². The molecule has 0 unspecified atom stereocenters. The van der Waals surface area contributed by atoms with Gasteiger partial charge < -0.3 is 15.4 Å². The number of hydrogen-bond acceptors (Lipinski definition) is 4. The molecule has 4 aromatic rings. The highest BCUT2D eigenvalue weighted by atomic mass is 32.1. The summed E-state index contributed by atoms with van der Waals surface area (Å²) in [6, 6.07) is 31.5. The van der Waals surface area contributed by atoms with Gasteiger partial charge in [0, 0.05) is 28.9 Å². The van der Waals surface area contributed by atoms with Gasteiger partial charge in [-0.15, -0.1) is 0 Å². The van der Waals surface area contributed by atoms with Crippen molar-refractivity contribution < 1.29 is 14.3 Å². The number of thiocarbonyl (C=S) groups is 1. The standard InChI is InChI=1S/C30H27N3O3S/c1-21-7-5-10-23(19-21)28(34)31-25-13-15-26(16-14-25)32-30(37)33-29(35)24-11-6-12-27(20-24)36-18-17-22-8-3-2-4-9-22/h2-16,19-20H,17-18H2,1H3,(H,31,34)(H2,32,33,35,37). The van der Waals surface area contributed by atoms with Crippen LogP contribution in [-0.4, -0.2) is 23.5 Å². The number of nitrogens with one attached hydrogen (secondary N) is 3. The summed E-state index contributed by atoms with van der Waals surface area (Å²) in [6.45, 7) is 2.45. The molecule has 186 valence electrons. The highest BCUT2D eigenvalue weighted by Crippen LogP contribution is 2.16. The maximum atomic E-state index is 12.7. The van der Waals surface area contributed by atoms with Crippen molar-refractivity contribution >= 4 is 40.5 Å². The van der Waals surface area contributed by atoms with E-state index in [-0.39, 0.29) is 16.9 Å². The topological polar surface area (TPSA) is 79.5 Å². The Balaban J connectivity index is 1.26. The molecule has 0 bridgehead atoms. The van der Waals surface area contributed by atoms with Crippen LogP contribution in [0.2, 0.25) is 0 Å². The average Bonchev–Trinajstić information content (AvgIpc) is 2.90. The van der Waals surface area contributed by atoms with E-state index in [0.717, 1.165) is 12.0 Å². The summed E-state index contributed by atoms with van der Waals surface area (Å²) in [5.74, 6) is 0.0947. The number of amides is 2. The number of rotatable bonds is 8. The van der Waals surface area contributed by atoms with Crippen molar-refractivity contribution in [3.63, 3.8) is 0 Å². The Bertz CT molecular complexity index is 1390. The molecule has 2 amide bonds. The highest BCUT2D eigenvalue weighted by Gasteiger charge is 2.10.